The molecule has 1 unspecified atom stereocenters. The minimum atomic E-state index is -3.66. The molecule has 2 aromatic carbocycles. The number of piperidine rings is 1. The zero-order chi connectivity index (χ0) is 24.1. The fraction of sp³-hybridized carbons (Fsp3) is 0.308. The zero-order valence-electron chi connectivity index (χ0n) is 19.1. The second-order valence-electron chi connectivity index (χ2n) is 8.73. The summed E-state index contributed by atoms with van der Waals surface area (Å²) >= 11 is 0. The van der Waals surface area contributed by atoms with Crippen LogP contribution in [-0.4, -0.2) is 43.1 Å². The number of anilines is 1. The van der Waals surface area contributed by atoms with Crippen molar-refractivity contribution in [2.24, 2.45) is 5.92 Å². The highest BCUT2D eigenvalue weighted by atomic mass is 32.2. The van der Waals surface area contributed by atoms with E-state index in [0.29, 0.717) is 36.9 Å². The van der Waals surface area contributed by atoms with Gasteiger partial charge in [0.25, 0.3) is 0 Å². The number of aromatic nitrogens is 1. The zero-order valence-corrected chi connectivity index (χ0v) is 19.9. The van der Waals surface area contributed by atoms with Gasteiger partial charge in [-0.05, 0) is 60.7 Å². The molecule has 0 N–H and O–H groups in total. The third-order valence-corrected chi connectivity index (χ3v) is 7.87. The quantitative estimate of drug-likeness (QED) is 0.442. The highest BCUT2D eigenvalue weighted by molar-refractivity contribution is 7.89. The summed E-state index contributed by atoms with van der Waals surface area (Å²) in [5, 5.41) is 0. The number of carbonyl (C=O) groups excluding carboxylic acids is 1. The van der Waals surface area contributed by atoms with Gasteiger partial charge in [-0.2, -0.15) is 4.31 Å². The Morgan fingerprint density at radius 1 is 1.12 bits per heavy atom. The van der Waals surface area contributed by atoms with Crippen LogP contribution in [0.1, 0.15) is 35.7 Å². The fourth-order valence-electron chi connectivity index (χ4n) is 4.18. The lowest BCUT2D eigenvalue weighted by Crippen LogP contribution is -2.39. The third kappa shape index (κ3) is 5.69. The lowest BCUT2D eigenvalue weighted by molar-refractivity contribution is 0.0998. The Bertz CT molecular complexity index is 1230. The Kier molecular flexibility index (Phi) is 7.38. The molecule has 1 aliphatic rings. The second-order valence-corrected chi connectivity index (χ2v) is 10.7. The highest BCUT2D eigenvalue weighted by Crippen LogP contribution is 2.24. The van der Waals surface area contributed by atoms with Gasteiger partial charge < -0.3 is 4.90 Å². The number of pyridine rings is 1. The van der Waals surface area contributed by atoms with E-state index < -0.39 is 10.0 Å². The first-order chi connectivity index (χ1) is 16.3. The normalized spacial score (nSPS) is 16.8. The summed E-state index contributed by atoms with van der Waals surface area (Å²) in [4.78, 5) is 19.5. The molecule has 34 heavy (non-hydrogen) atoms. The van der Waals surface area contributed by atoms with E-state index in [4.69, 9.17) is 0 Å². The Hall–Kier alpha value is -3.10. The summed E-state index contributed by atoms with van der Waals surface area (Å²) < 4.78 is 41.2. The number of sulfonamides is 1. The van der Waals surface area contributed by atoms with Crippen molar-refractivity contribution in [2.45, 2.75) is 31.2 Å². The average Bonchev–Trinajstić information content (AvgIpc) is 2.85. The number of nitrogens with zero attached hydrogens (tertiary/aromatic N) is 3. The first-order valence-corrected chi connectivity index (χ1v) is 12.8. The van der Waals surface area contributed by atoms with Gasteiger partial charge in [-0.3, -0.25) is 4.79 Å². The molecular weight excluding hydrogens is 453 g/mol. The lowest BCUT2D eigenvalue weighted by atomic mass is 10.0. The van der Waals surface area contributed by atoms with Gasteiger partial charge >= 0.3 is 0 Å². The fourth-order valence-corrected chi connectivity index (χ4v) is 5.82. The van der Waals surface area contributed by atoms with Crippen LogP contribution in [0.5, 0.6) is 0 Å². The third-order valence-electron chi connectivity index (χ3n) is 6.01. The van der Waals surface area contributed by atoms with E-state index in [1.807, 2.05) is 6.07 Å². The summed E-state index contributed by atoms with van der Waals surface area (Å²) in [5.74, 6) is 0.361. The maximum Gasteiger partial charge on any atom is 0.243 e. The van der Waals surface area contributed by atoms with Gasteiger partial charge in [0.05, 0.1) is 11.4 Å². The molecule has 0 amide bonds. The van der Waals surface area contributed by atoms with Crippen molar-refractivity contribution in [1.29, 1.82) is 0 Å². The number of hydrogen-bond acceptors (Lipinski definition) is 5. The van der Waals surface area contributed by atoms with E-state index in [-0.39, 0.29) is 23.0 Å². The lowest BCUT2D eigenvalue weighted by Gasteiger charge is -2.30. The number of carbonyl (C=O) groups is 1. The molecule has 1 atom stereocenters. The van der Waals surface area contributed by atoms with Crippen LogP contribution in [-0.2, 0) is 16.6 Å². The van der Waals surface area contributed by atoms with E-state index >= 15 is 0 Å². The average molecular weight is 482 g/mol. The first kappa shape index (κ1) is 24.0. The van der Waals surface area contributed by atoms with Gasteiger partial charge in [-0.15, -0.1) is 0 Å². The molecule has 178 valence electrons. The van der Waals surface area contributed by atoms with Crippen molar-refractivity contribution >= 4 is 21.6 Å². The molecule has 8 heteroatoms. The molecule has 1 aromatic heterocycles. The van der Waals surface area contributed by atoms with E-state index in [1.54, 1.807) is 53.6 Å². The number of hydrogen-bond donors (Lipinski definition) is 0. The van der Waals surface area contributed by atoms with Gasteiger partial charge in [0.2, 0.25) is 10.0 Å². The Morgan fingerprint density at radius 3 is 2.62 bits per heavy atom. The van der Waals surface area contributed by atoms with Crippen LogP contribution >= 0.6 is 0 Å². The van der Waals surface area contributed by atoms with Crippen LogP contribution < -0.4 is 4.90 Å². The van der Waals surface area contributed by atoms with Crippen molar-refractivity contribution in [3.8, 4) is 0 Å². The number of ketones is 1. The molecule has 4 rings (SSSR count). The van der Waals surface area contributed by atoms with Crippen molar-refractivity contribution in [1.82, 2.24) is 9.29 Å². The van der Waals surface area contributed by atoms with Crippen molar-refractivity contribution in [2.75, 3.05) is 24.5 Å². The molecule has 2 heterocycles. The second kappa shape index (κ2) is 10.4. The van der Waals surface area contributed by atoms with E-state index in [2.05, 4.69) is 11.9 Å². The summed E-state index contributed by atoms with van der Waals surface area (Å²) in [5.41, 5.74) is 1.15. The predicted molar refractivity (Wildman–Crippen MR) is 130 cm³/mol. The molecule has 1 fully saturated rings. The van der Waals surface area contributed by atoms with Gasteiger partial charge in [0.15, 0.2) is 5.78 Å². The largest absolute Gasteiger partial charge is 0.345 e. The molecule has 0 bridgehead atoms. The Labute approximate surface area is 200 Å². The van der Waals surface area contributed by atoms with Crippen LogP contribution in [0.4, 0.5) is 10.2 Å². The maximum atomic E-state index is 13.3. The maximum absolute atomic E-state index is 13.3. The minimum Gasteiger partial charge on any atom is -0.345 e. The van der Waals surface area contributed by atoms with Crippen LogP contribution in [0.25, 0.3) is 0 Å². The number of rotatable bonds is 8. The molecule has 1 aliphatic heterocycles. The van der Waals surface area contributed by atoms with Crippen LogP contribution in [0.2, 0.25) is 0 Å². The predicted octanol–water partition coefficient (Wildman–Crippen LogP) is 4.53. The Morgan fingerprint density at radius 2 is 1.91 bits per heavy atom. The van der Waals surface area contributed by atoms with Crippen LogP contribution in [0.3, 0.4) is 0 Å². The van der Waals surface area contributed by atoms with Gasteiger partial charge in [0, 0.05) is 31.4 Å². The topological polar surface area (TPSA) is 70.6 Å². The van der Waals surface area contributed by atoms with Gasteiger partial charge in [-0.1, -0.05) is 37.3 Å². The summed E-state index contributed by atoms with van der Waals surface area (Å²) in [6, 6.07) is 17.8. The van der Waals surface area contributed by atoms with E-state index in [9.17, 15) is 17.6 Å². The summed E-state index contributed by atoms with van der Waals surface area (Å²) in [6.45, 7) is 3.39. The van der Waals surface area contributed by atoms with Gasteiger partial charge in [-0.25, -0.2) is 17.8 Å². The monoisotopic (exact) mass is 481 g/mol. The van der Waals surface area contributed by atoms with Crippen molar-refractivity contribution < 1.29 is 17.6 Å². The molecule has 1 saturated heterocycles. The molecule has 0 radical (unpaired) electrons. The molecule has 3 aromatic rings. The molecular formula is C26H28FN3O3S. The van der Waals surface area contributed by atoms with E-state index in [0.717, 1.165) is 18.4 Å². The standard InChI is InChI=1S/C26H28FN3O3S/c1-20-6-5-15-30(17-20)34(32,33)24-8-4-7-22(16-24)25(31)19-29(26-9-2-3-14-28-26)18-21-10-12-23(27)13-11-21/h2-4,7-14,16,20H,5-6,15,17-19H2,1H3. The first-order valence-electron chi connectivity index (χ1n) is 11.4. The molecule has 0 saturated carbocycles. The van der Waals surface area contributed by atoms with Gasteiger partial charge in [0.1, 0.15) is 11.6 Å². The Balaban J connectivity index is 1.56. The smallest absolute Gasteiger partial charge is 0.243 e. The minimum absolute atomic E-state index is 0.00135. The molecule has 0 aliphatic carbocycles. The summed E-state index contributed by atoms with van der Waals surface area (Å²) in [7, 11) is -3.66. The molecule has 6 nitrogen and oxygen atoms in total. The summed E-state index contributed by atoms with van der Waals surface area (Å²) in [6.07, 6.45) is 3.49. The SMILES string of the molecule is CC1CCCN(S(=O)(=O)c2cccc(C(=O)CN(Cc3ccc(F)cc3)c3ccccn3)c2)C1. The molecule has 0 spiro atoms. The number of benzene rings is 2. The number of halogens is 1. The van der Waals surface area contributed by atoms with Crippen LogP contribution in [0.15, 0.2) is 77.8 Å². The highest BCUT2D eigenvalue weighted by Gasteiger charge is 2.29. The van der Waals surface area contributed by atoms with E-state index in [1.165, 1.54) is 22.5 Å². The van der Waals surface area contributed by atoms with Crippen LogP contribution in [0, 0.1) is 11.7 Å². The van der Waals surface area contributed by atoms with Crippen molar-refractivity contribution in [3.05, 3.63) is 89.9 Å². The van der Waals surface area contributed by atoms with Crippen molar-refractivity contribution in [3.63, 3.8) is 0 Å². The number of Topliss-reactive ketones (excluding diaryl/α,β-unsaturated/α-hetero) is 1.